The Morgan fingerprint density at radius 2 is 1.61 bits per heavy atom. The molecule has 23 heavy (non-hydrogen) atoms. The van der Waals surface area contributed by atoms with Crippen molar-refractivity contribution in [2.24, 2.45) is 11.8 Å². The molecule has 0 aromatic carbocycles. The Bertz CT molecular complexity index is 586. The van der Waals surface area contributed by atoms with Gasteiger partial charge in [0.1, 0.15) is 0 Å². The minimum absolute atomic E-state index is 0.105. The highest BCUT2D eigenvalue weighted by molar-refractivity contribution is 5.82. The van der Waals surface area contributed by atoms with Gasteiger partial charge in [-0.2, -0.15) is 0 Å². The summed E-state index contributed by atoms with van der Waals surface area (Å²) < 4.78 is 0. The zero-order valence-electron chi connectivity index (χ0n) is 13.4. The van der Waals surface area contributed by atoms with Crippen molar-refractivity contribution in [3.05, 3.63) is 30.1 Å². The number of nitrogens with zero attached hydrogens (tertiary/aromatic N) is 3. The first-order valence-corrected chi connectivity index (χ1v) is 8.70. The van der Waals surface area contributed by atoms with Crippen LogP contribution < -0.4 is 0 Å². The van der Waals surface area contributed by atoms with Crippen LogP contribution in [0.15, 0.2) is 24.5 Å². The second-order valence-electron chi connectivity index (χ2n) is 7.10. The minimum atomic E-state index is 0.105. The summed E-state index contributed by atoms with van der Waals surface area (Å²) in [6, 6.07) is 4.04. The normalized spacial score (nSPS) is 22.8. The van der Waals surface area contributed by atoms with Gasteiger partial charge in [-0.15, -0.1) is 0 Å². The van der Waals surface area contributed by atoms with Crippen molar-refractivity contribution in [1.29, 1.82) is 0 Å². The van der Waals surface area contributed by atoms with E-state index in [9.17, 15) is 9.59 Å². The average Bonchev–Trinajstić information content (AvgIpc) is 3.39. The molecule has 2 aliphatic heterocycles. The Morgan fingerprint density at radius 1 is 0.957 bits per heavy atom. The third-order valence-corrected chi connectivity index (χ3v) is 5.43. The summed E-state index contributed by atoms with van der Waals surface area (Å²) in [4.78, 5) is 32.7. The highest BCUT2D eigenvalue weighted by Crippen LogP contribution is 2.34. The van der Waals surface area contributed by atoms with Gasteiger partial charge >= 0.3 is 0 Å². The van der Waals surface area contributed by atoms with Gasteiger partial charge in [-0.3, -0.25) is 14.6 Å². The van der Waals surface area contributed by atoms with Gasteiger partial charge < -0.3 is 9.80 Å². The van der Waals surface area contributed by atoms with E-state index >= 15 is 0 Å². The summed E-state index contributed by atoms with van der Waals surface area (Å²) in [6.45, 7) is 3.13. The number of hydrogen-bond donors (Lipinski definition) is 0. The maximum absolute atomic E-state index is 12.6. The van der Waals surface area contributed by atoms with Gasteiger partial charge in [0, 0.05) is 56.3 Å². The van der Waals surface area contributed by atoms with E-state index in [1.54, 1.807) is 6.20 Å². The second kappa shape index (κ2) is 5.95. The summed E-state index contributed by atoms with van der Waals surface area (Å²) >= 11 is 0. The molecule has 5 heteroatoms. The number of aromatic nitrogens is 1. The lowest BCUT2D eigenvalue weighted by Crippen LogP contribution is -2.52. The maximum atomic E-state index is 12.6. The van der Waals surface area contributed by atoms with Crippen molar-refractivity contribution in [1.82, 2.24) is 14.8 Å². The topological polar surface area (TPSA) is 53.5 Å². The quantitative estimate of drug-likeness (QED) is 0.853. The van der Waals surface area contributed by atoms with Crippen molar-refractivity contribution in [2.75, 3.05) is 26.2 Å². The number of pyridine rings is 1. The lowest BCUT2D eigenvalue weighted by molar-refractivity contribution is -0.144. The standard InChI is InChI=1S/C18H23N3O2/c22-17(13-3-4-13)20-8-5-14(6-9-20)18(23)21-11-16(12-21)15-2-1-7-19-10-15/h1-2,7,10,13-14,16H,3-6,8-9,11-12H2. The minimum Gasteiger partial charge on any atom is -0.342 e. The highest BCUT2D eigenvalue weighted by atomic mass is 16.2. The lowest BCUT2D eigenvalue weighted by atomic mass is 9.88. The first-order valence-electron chi connectivity index (χ1n) is 8.70. The molecule has 0 spiro atoms. The number of amides is 2. The molecule has 0 unspecified atom stereocenters. The molecule has 1 aliphatic carbocycles. The SMILES string of the molecule is O=C(C1CC1)N1CCC(C(=O)N2CC(c3cccnc3)C2)CC1. The van der Waals surface area contributed by atoms with Crippen LogP contribution in [0.2, 0.25) is 0 Å². The van der Waals surface area contributed by atoms with Crippen LogP contribution in [0.5, 0.6) is 0 Å². The predicted octanol–water partition coefficient (Wildman–Crippen LogP) is 1.66. The molecule has 0 N–H and O–H groups in total. The van der Waals surface area contributed by atoms with Crippen LogP contribution in [0.4, 0.5) is 0 Å². The van der Waals surface area contributed by atoms with Crippen molar-refractivity contribution in [3.63, 3.8) is 0 Å². The molecule has 2 amide bonds. The lowest BCUT2D eigenvalue weighted by Gasteiger charge is -2.42. The maximum Gasteiger partial charge on any atom is 0.225 e. The predicted molar refractivity (Wildman–Crippen MR) is 85.6 cm³/mol. The molecule has 4 rings (SSSR count). The monoisotopic (exact) mass is 313 g/mol. The summed E-state index contributed by atoms with van der Waals surface area (Å²) in [5, 5.41) is 0. The summed E-state index contributed by atoms with van der Waals surface area (Å²) in [5.41, 5.74) is 1.22. The van der Waals surface area contributed by atoms with Gasteiger partial charge in [-0.1, -0.05) is 6.07 Å². The molecule has 1 aromatic rings. The Labute approximate surface area is 136 Å². The molecule has 122 valence electrons. The molecule has 2 saturated heterocycles. The fourth-order valence-electron chi connectivity index (χ4n) is 3.68. The largest absolute Gasteiger partial charge is 0.342 e. The fourth-order valence-corrected chi connectivity index (χ4v) is 3.68. The summed E-state index contributed by atoms with van der Waals surface area (Å²) in [6.07, 6.45) is 7.44. The Kier molecular flexibility index (Phi) is 3.79. The Morgan fingerprint density at radius 3 is 2.22 bits per heavy atom. The van der Waals surface area contributed by atoms with Crippen molar-refractivity contribution < 1.29 is 9.59 Å². The molecule has 1 saturated carbocycles. The zero-order valence-corrected chi connectivity index (χ0v) is 13.4. The van der Waals surface area contributed by atoms with E-state index in [1.807, 2.05) is 22.1 Å². The van der Waals surface area contributed by atoms with E-state index in [1.165, 1.54) is 5.56 Å². The van der Waals surface area contributed by atoms with E-state index in [0.717, 1.165) is 51.9 Å². The molecule has 1 aromatic heterocycles. The van der Waals surface area contributed by atoms with E-state index in [4.69, 9.17) is 0 Å². The number of likely N-dealkylation sites (tertiary alicyclic amines) is 2. The first-order chi connectivity index (χ1) is 11.2. The van der Waals surface area contributed by atoms with Gasteiger partial charge in [-0.25, -0.2) is 0 Å². The van der Waals surface area contributed by atoms with Crippen LogP contribution in [0.25, 0.3) is 0 Å². The Hall–Kier alpha value is -1.91. The zero-order chi connectivity index (χ0) is 15.8. The molecular weight excluding hydrogens is 290 g/mol. The second-order valence-corrected chi connectivity index (χ2v) is 7.10. The highest BCUT2D eigenvalue weighted by Gasteiger charge is 2.39. The van der Waals surface area contributed by atoms with E-state index in [2.05, 4.69) is 11.1 Å². The average molecular weight is 313 g/mol. The number of carbonyl (C=O) groups is 2. The number of rotatable bonds is 3. The van der Waals surface area contributed by atoms with Crippen LogP contribution in [-0.2, 0) is 9.59 Å². The number of piperidine rings is 1. The third kappa shape index (κ3) is 2.96. The van der Waals surface area contributed by atoms with E-state index < -0.39 is 0 Å². The molecule has 0 bridgehead atoms. The third-order valence-electron chi connectivity index (χ3n) is 5.43. The number of carbonyl (C=O) groups excluding carboxylic acids is 2. The molecule has 0 atom stereocenters. The van der Waals surface area contributed by atoms with Gasteiger partial charge in [0.25, 0.3) is 0 Å². The molecule has 3 fully saturated rings. The summed E-state index contributed by atoms with van der Waals surface area (Å²) in [5.74, 6) is 1.43. The van der Waals surface area contributed by atoms with Gasteiger partial charge in [0.2, 0.25) is 11.8 Å². The fraction of sp³-hybridized carbons (Fsp3) is 0.611. The van der Waals surface area contributed by atoms with Gasteiger partial charge in [0.05, 0.1) is 0 Å². The summed E-state index contributed by atoms with van der Waals surface area (Å²) in [7, 11) is 0. The van der Waals surface area contributed by atoms with Crippen molar-refractivity contribution >= 4 is 11.8 Å². The van der Waals surface area contributed by atoms with Crippen LogP contribution in [0.3, 0.4) is 0 Å². The first kappa shape index (κ1) is 14.7. The van der Waals surface area contributed by atoms with Gasteiger partial charge in [-0.05, 0) is 37.3 Å². The van der Waals surface area contributed by atoms with E-state index in [0.29, 0.717) is 11.8 Å². The van der Waals surface area contributed by atoms with Crippen molar-refractivity contribution in [2.45, 2.75) is 31.6 Å². The Balaban J connectivity index is 1.26. The van der Waals surface area contributed by atoms with Crippen LogP contribution >= 0.6 is 0 Å². The van der Waals surface area contributed by atoms with Crippen LogP contribution in [-0.4, -0.2) is 52.8 Å². The molecule has 5 nitrogen and oxygen atoms in total. The molecule has 0 radical (unpaired) electrons. The van der Waals surface area contributed by atoms with Crippen molar-refractivity contribution in [3.8, 4) is 0 Å². The molecular formula is C18H23N3O2. The van der Waals surface area contributed by atoms with Crippen LogP contribution in [0.1, 0.15) is 37.2 Å². The van der Waals surface area contributed by atoms with Gasteiger partial charge in [0.15, 0.2) is 0 Å². The molecule has 3 heterocycles. The van der Waals surface area contributed by atoms with E-state index in [-0.39, 0.29) is 17.7 Å². The number of hydrogen-bond acceptors (Lipinski definition) is 3. The smallest absolute Gasteiger partial charge is 0.225 e. The molecule has 3 aliphatic rings. The van der Waals surface area contributed by atoms with Crippen LogP contribution in [0, 0.1) is 11.8 Å².